The molecule has 7 nitrogen and oxygen atoms in total. The topological polar surface area (TPSA) is 97.2 Å². The van der Waals surface area contributed by atoms with Crippen LogP contribution in [-0.2, 0) is 6.42 Å². The Bertz CT molecular complexity index is 1130. The molecule has 0 bridgehead atoms. The van der Waals surface area contributed by atoms with E-state index in [1.807, 2.05) is 0 Å². The van der Waals surface area contributed by atoms with E-state index in [0.717, 1.165) is 30.2 Å². The number of nitro groups is 1. The number of nitrogens with one attached hydrogen (secondary N) is 2. The first kappa shape index (κ1) is 19.9. The van der Waals surface area contributed by atoms with Crippen molar-refractivity contribution in [3.63, 3.8) is 0 Å². The average Bonchev–Trinajstić information content (AvgIpc) is 3.41. The number of anilines is 2. The Balaban J connectivity index is 1.46. The molecule has 30 heavy (non-hydrogen) atoms. The van der Waals surface area contributed by atoms with E-state index in [1.165, 1.54) is 36.5 Å². The summed E-state index contributed by atoms with van der Waals surface area (Å²) in [7, 11) is 0. The molecule has 1 aliphatic carbocycles. The van der Waals surface area contributed by atoms with E-state index in [0.29, 0.717) is 16.1 Å². The molecule has 1 amide bonds. The summed E-state index contributed by atoms with van der Waals surface area (Å²) >= 11 is 1.14. The van der Waals surface area contributed by atoms with Gasteiger partial charge in [0, 0.05) is 41.2 Å². The second-order valence-corrected chi connectivity index (χ2v) is 8.02. The van der Waals surface area contributed by atoms with Crippen LogP contribution in [0.4, 0.5) is 25.3 Å². The Morgan fingerprint density at radius 1 is 1.23 bits per heavy atom. The molecule has 2 aromatic carbocycles. The molecule has 0 spiro atoms. The molecule has 0 aliphatic heterocycles. The van der Waals surface area contributed by atoms with E-state index in [2.05, 4.69) is 15.6 Å². The molecule has 0 unspecified atom stereocenters. The highest BCUT2D eigenvalue weighted by atomic mass is 32.1. The lowest BCUT2D eigenvalue weighted by atomic mass is 10.1. The van der Waals surface area contributed by atoms with Crippen molar-refractivity contribution in [2.75, 3.05) is 10.6 Å². The molecular formula is C20H16F2N4O3S. The van der Waals surface area contributed by atoms with Crippen molar-refractivity contribution < 1.29 is 18.5 Å². The number of rotatable bonds is 7. The van der Waals surface area contributed by atoms with E-state index in [1.54, 1.807) is 0 Å². The zero-order valence-electron chi connectivity index (χ0n) is 15.5. The molecular weight excluding hydrogens is 414 g/mol. The van der Waals surface area contributed by atoms with E-state index >= 15 is 0 Å². The van der Waals surface area contributed by atoms with Crippen LogP contribution in [0.2, 0.25) is 0 Å². The van der Waals surface area contributed by atoms with Gasteiger partial charge in [0.1, 0.15) is 17.3 Å². The highest BCUT2D eigenvalue weighted by Crippen LogP contribution is 2.32. The first-order valence-corrected chi connectivity index (χ1v) is 9.95. The molecule has 1 aromatic heterocycles. The number of amides is 1. The highest BCUT2D eigenvalue weighted by Gasteiger charge is 2.25. The molecule has 0 atom stereocenters. The molecule has 3 aromatic rings. The van der Waals surface area contributed by atoms with Gasteiger partial charge in [0.05, 0.1) is 4.92 Å². The highest BCUT2D eigenvalue weighted by molar-refractivity contribution is 7.15. The van der Waals surface area contributed by atoms with Gasteiger partial charge in [-0.05, 0) is 36.6 Å². The fourth-order valence-electron chi connectivity index (χ4n) is 2.86. The van der Waals surface area contributed by atoms with Gasteiger partial charge >= 0.3 is 0 Å². The van der Waals surface area contributed by atoms with Crippen molar-refractivity contribution in [3.8, 4) is 0 Å². The van der Waals surface area contributed by atoms with Crippen LogP contribution in [0, 0.1) is 21.7 Å². The molecule has 2 N–H and O–H groups in total. The Kier molecular flexibility index (Phi) is 5.40. The van der Waals surface area contributed by atoms with Crippen LogP contribution < -0.4 is 10.6 Å². The lowest BCUT2D eigenvalue weighted by Gasteiger charge is -2.07. The van der Waals surface area contributed by atoms with Gasteiger partial charge in [-0.1, -0.05) is 6.07 Å². The lowest BCUT2D eigenvalue weighted by molar-refractivity contribution is -0.384. The minimum Gasteiger partial charge on any atom is -0.377 e. The number of halogens is 2. The van der Waals surface area contributed by atoms with Gasteiger partial charge in [0.2, 0.25) is 0 Å². The maximum absolute atomic E-state index is 13.8. The third-order valence-electron chi connectivity index (χ3n) is 4.55. The molecule has 0 radical (unpaired) electrons. The Morgan fingerprint density at radius 2 is 2.03 bits per heavy atom. The normalized spacial score (nSPS) is 13.1. The maximum Gasteiger partial charge on any atom is 0.293 e. The Hall–Kier alpha value is -3.40. The molecule has 10 heteroatoms. The van der Waals surface area contributed by atoms with E-state index in [4.69, 9.17) is 0 Å². The van der Waals surface area contributed by atoms with Crippen molar-refractivity contribution in [1.29, 1.82) is 0 Å². The van der Waals surface area contributed by atoms with Crippen LogP contribution in [0.5, 0.6) is 0 Å². The summed E-state index contributed by atoms with van der Waals surface area (Å²) in [5.41, 5.74) is 0.662. The second-order valence-electron chi connectivity index (χ2n) is 6.91. The summed E-state index contributed by atoms with van der Waals surface area (Å²) in [5.74, 6) is -1.84. The number of thiazole rings is 1. The van der Waals surface area contributed by atoms with Gasteiger partial charge in [-0.15, -0.1) is 11.3 Å². The van der Waals surface area contributed by atoms with Crippen molar-refractivity contribution in [3.05, 3.63) is 80.3 Å². The predicted octanol–water partition coefficient (Wildman–Crippen LogP) is 4.75. The van der Waals surface area contributed by atoms with Crippen molar-refractivity contribution >= 4 is 33.8 Å². The number of carbonyl (C=O) groups is 1. The molecule has 1 heterocycles. The van der Waals surface area contributed by atoms with Gasteiger partial charge in [0.15, 0.2) is 5.13 Å². The largest absolute Gasteiger partial charge is 0.377 e. The van der Waals surface area contributed by atoms with Crippen LogP contribution in [0.15, 0.2) is 42.6 Å². The number of aromatic nitrogens is 1. The van der Waals surface area contributed by atoms with Crippen molar-refractivity contribution in [2.45, 2.75) is 25.3 Å². The first-order valence-electron chi connectivity index (χ1n) is 9.14. The first-order chi connectivity index (χ1) is 14.4. The van der Waals surface area contributed by atoms with Crippen LogP contribution in [-0.4, -0.2) is 21.9 Å². The Labute approximate surface area is 173 Å². The van der Waals surface area contributed by atoms with Crippen LogP contribution in [0.25, 0.3) is 0 Å². The minimum absolute atomic E-state index is 0.129. The zero-order chi connectivity index (χ0) is 21.3. The number of hydrogen-bond acceptors (Lipinski definition) is 6. The third kappa shape index (κ3) is 4.60. The summed E-state index contributed by atoms with van der Waals surface area (Å²) in [6.45, 7) is 0. The fraction of sp³-hybridized carbons (Fsp3) is 0.200. The van der Waals surface area contributed by atoms with E-state index in [9.17, 15) is 23.7 Å². The Morgan fingerprint density at radius 3 is 2.73 bits per heavy atom. The van der Waals surface area contributed by atoms with Gasteiger partial charge < -0.3 is 5.32 Å². The van der Waals surface area contributed by atoms with Gasteiger partial charge in [-0.25, -0.2) is 13.8 Å². The quantitative estimate of drug-likeness (QED) is 0.417. The summed E-state index contributed by atoms with van der Waals surface area (Å²) in [4.78, 5) is 28.1. The third-order valence-corrected chi connectivity index (χ3v) is 5.46. The van der Waals surface area contributed by atoms with Crippen LogP contribution in [0.3, 0.4) is 0 Å². The van der Waals surface area contributed by atoms with E-state index in [-0.39, 0.29) is 28.8 Å². The molecule has 1 saturated carbocycles. The summed E-state index contributed by atoms with van der Waals surface area (Å²) in [6, 6.07) is 7.85. The standard InChI is InChI=1S/C20H16F2N4O3S/c21-13-3-1-11(16(22)9-13)7-15-10-23-20(30-15)25-19(27)12-2-6-17(24-14-4-5-14)18(8-12)26(28)29/h1-3,6,8-10,14,24H,4-5,7H2,(H,23,25,27). The van der Waals surface area contributed by atoms with Gasteiger partial charge in [-0.3, -0.25) is 20.2 Å². The minimum atomic E-state index is -0.652. The fourth-order valence-corrected chi connectivity index (χ4v) is 3.69. The van der Waals surface area contributed by atoms with E-state index < -0.39 is 22.5 Å². The molecule has 1 aliphatic rings. The molecule has 4 rings (SSSR count). The summed E-state index contributed by atoms with van der Waals surface area (Å²) in [5, 5.41) is 17.3. The average molecular weight is 430 g/mol. The number of hydrogen-bond donors (Lipinski definition) is 2. The van der Waals surface area contributed by atoms with Gasteiger partial charge in [0.25, 0.3) is 11.6 Å². The van der Waals surface area contributed by atoms with Crippen LogP contribution in [0.1, 0.15) is 33.6 Å². The molecule has 154 valence electrons. The van der Waals surface area contributed by atoms with Gasteiger partial charge in [-0.2, -0.15) is 0 Å². The maximum atomic E-state index is 13.8. The monoisotopic (exact) mass is 430 g/mol. The summed E-state index contributed by atoms with van der Waals surface area (Å²) < 4.78 is 26.8. The summed E-state index contributed by atoms with van der Waals surface area (Å²) in [6.07, 6.45) is 3.63. The smallest absolute Gasteiger partial charge is 0.293 e. The van der Waals surface area contributed by atoms with Crippen LogP contribution >= 0.6 is 11.3 Å². The number of benzene rings is 2. The number of nitro benzene ring substituents is 1. The number of carbonyl (C=O) groups excluding carboxylic acids is 1. The SMILES string of the molecule is O=C(Nc1ncc(Cc2ccc(F)cc2F)s1)c1ccc(NC2CC2)c([N+](=O)[O-])c1. The number of nitrogens with zero attached hydrogens (tertiary/aromatic N) is 2. The zero-order valence-corrected chi connectivity index (χ0v) is 16.3. The lowest BCUT2D eigenvalue weighted by Crippen LogP contribution is -2.13. The predicted molar refractivity (Wildman–Crippen MR) is 109 cm³/mol. The second kappa shape index (κ2) is 8.15. The van der Waals surface area contributed by atoms with Crippen molar-refractivity contribution in [1.82, 2.24) is 4.98 Å². The molecule has 1 fully saturated rings. The van der Waals surface area contributed by atoms with Crippen molar-refractivity contribution in [2.24, 2.45) is 0 Å². The molecule has 0 saturated heterocycles.